The monoisotopic (exact) mass is 413 g/mol. The summed E-state index contributed by atoms with van der Waals surface area (Å²) in [5.41, 5.74) is 13.4. The number of hydrazine groups is 1. The van der Waals surface area contributed by atoms with Crippen LogP contribution in [0, 0.1) is 0 Å². The number of hydrogen-bond acceptors (Lipinski definition) is 5. The molecule has 1 aliphatic rings. The van der Waals surface area contributed by atoms with E-state index in [1.54, 1.807) is 31.4 Å². The predicted molar refractivity (Wildman–Crippen MR) is 120 cm³/mol. The van der Waals surface area contributed by atoms with E-state index >= 15 is 0 Å². The Hall–Kier alpha value is -3.64. The number of aromatic nitrogens is 1. The average Bonchev–Trinajstić information content (AvgIpc) is 3.41. The summed E-state index contributed by atoms with van der Waals surface area (Å²) in [5.74, 6) is 0.478. The number of hydrogen-bond donors (Lipinski definition) is 2. The molecule has 5 rings (SSSR count). The molecule has 6 heteroatoms. The third kappa shape index (κ3) is 3.42. The molecule has 1 aromatic heterocycles. The van der Waals surface area contributed by atoms with Gasteiger partial charge in [0.25, 0.3) is 5.91 Å². The van der Waals surface area contributed by atoms with Crippen molar-refractivity contribution in [2.75, 3.05) is 12.5 Å². The van der Waals surface area contributed by atoms with Gasteiger partial charge in [-0.25, -0.2) is 4.98 Å². The second kappa shape index (κ2) is 7.65. The van der Waals surface area contributed by atoms with Crippen molar-refractivity contribution >= 4 is 22.4 Å². The van der Waals surface area contributed by atoms with E-state index in [0.29, 0.717) is 16.4 Å². The molecule has 0 radical (unpaired) electrons. The molecule has 2 N–H and O–H groups in total. The van der Waals surface area contributed by atoms with Crippen LogP contribution in [-0.4, -0.2) is 18.0 Å². The Morgan fingerprint density at radius 3 is 2.63 bits per heavy atom. The molecule has 0 spiro atoms. The first-order chi connectivity index (χ1) is 14.7. The molecule has 0 bridgehead atoms. The number of amides is 1. The highest BCUT2D eigenvalue weighted by Gasteiger charge is 2.18. The van der Waals surface area contributed by atoms with Crippen LogP contribution < -0.4 is 15.6 Å². The number of methoxy groups -OCH3 is 1. The molecule has 4 aromatic rings. The van der Waals surface area contributed by atoms with Crippen LogP contribution in [0.3, 0.4) is 0 Å². The van der Waals surface area contributed by atoms with E-state index in [2.05, 4.69) is 58.3 Å². The van der Waals surface area contributed by atoms with Crippen molar-refractivity contribution in [1.82, 2.24) is 10.4 Å². The van der Waals surface area contributed by atoms with Crippen LogP contribution >= 0.6 is 11.3 Å². The molecular formula is C24H19N3O2S. The van der Waals surface area contributed by atoms with Gasteiger partial charge in [-0.2, -0.15) is 0 Å². The number of nitrogens with zero attached hydrogens (tertiary/aromatic N) is 1. The largest absolute Gasteiger partial charge is 0.497 e. The summed E-state index contributed by atoms with van der Waals surface area (Å²) in [6.07, 6.45) is 0.951. The van der Waals surface area contributed by atoms with Crippen LogP contribution in [0.25, 0.3) is 22.4 Å². The Bertz CT molecular complexity index is 1230. The van der Waals surface area contributed by atoms with Crippen molar-refractivity contribution in [3.8, 4) is 28.1 Å². The highest BCUT2D eigenvalue weighted by Crippen LogP contribution is 2.38. The maximum Gasteiger partial charge on any atom is 0.269 e. The van der Waals surface area contributed by atoms with Crippen LogP contribution in [0.1, 0.15) is 21.5 Å². The number of anilines is 1. The number of thiazole rings is 1. The van der Waals surface area contributed by atoms with Crippen molar-refractivity contribution in [2.24, 2.45) is 0 Å². The molecule has 3 aromatic carbocycles. The van der Waals surface area contributed by atoms with Crippen LogP contribution in [0.5, 0.6) is 5.75 Å². The van der Waals surface area contributed by atoms with Crippen molar-refractivity contribution in [1.29, 1.82) is 0 Å². The molecule has 1 amide bonds. The van der Waals surface area contributed by atoms with E-state index in [1.807, 2.05) is 5.38 Å². The summed E-state index contributed by atoms with van der Waals surface area (Å²) >= 11 is 1.45. The molecular weight excluding hydrogens is 394 g/mol. The molecule has 0 saturated heterocycles. The van der Waals surface area contributed by atoms with Crippen molar-refractivity contribution < 1.29 is 9.53 Å². The predicted octanol–water partition coefficient (Wildman–Crippen LogP) is 5.15. The van der Waals surface area contributed by atoms with Gasteiger partial charge in [0.2, 0.25) is 5.13 Å². The summed E-state index contributed by atoms with van der Waals surface area (Å²) in [4.78, 5) is 16.9. The zero-order chi connectivity index (χ0) is 20.5. The Morgan fingerprint density at radius 1 is 1.00 bits per heavy atom. The van der Waals surface area contributed by atoms with Crippen molar-refractivity contribution in [3.05, 3.63) is 88.8 Å². The Morgan fingerprint density at radius 2 is 1.80 bits per heavy atom. The molecule has 0 saturated carbocycles. The number of fused-ring (bicyclic) bond motifs is 3. The fraction of sp³-hybridized carbons (Fsp3) is 0.0833. The molecule has 0 unspecified atom stereocenters. The van der Waals surface area contributed by atoms with Crippen molar-refractivity contribution in [3.63, 3.8) is 0 Å². The first-order valence-corrected chi connectivity index (χ1v) is 10.5. The molecule has 148 valence electrons. The Balaban J connectivity index is 1.28. The number of nitrogens with one attached hydrogen (secondary N) is 2. The number of ether oxygens (including phenoxy) is 1. The topological polar surface area (TPSA) is 63.2 Å². The third-order valence-electron chi connectivity index (χ3n) is 5.23. The van der Waals surface area contributed by atoms with E-state index in [0.717, 1.165) is 17.7 Å². The van der Waals surface area contributed by atoms with Gasteiger partial charge in [0.05, 0.1) is 12.8 Å². The lowest BCUT2D eigenvalue weighted by Crippen LogP contribution is -2.29. The minimum atomic E-state index is -0.232. The smallest absolute Gasteiger partial charge is 0.269 e. The molecule has 0 atom stereocenters. The minimum absolute atomic E-state index is 0.232. The minimum Gasteiger partial charge on any atom is -0.497 e. The zero-order valence-corrected chi connectivity index (χ0v) is 17.1. The number of rotatable bonds is 5. The zero-order valence-electron chi connectivity index (χ0n) is 16.3. The number of carbonyl (C=O) groups is 1. The summed E-state index contributed by atoms with van der Waals surface area (Å²) in [5, 5.41) is 2.63. The first kappa shape index (κ1) is 18.4. The van der Waals surface area contributed by atoms with Crippen LogP contribution in [-0.2, 0) is 6.42 Å². The normalized spacial score (nSPS) is 11.5. The molecule has 1 heterocycles. The van der Waals surface area contributed by atoms with Crippen LogP contribution in [0.15, 0.2) is 72.1 Å². The molecule has 5 nitrogen and oxygen atoms in total. The lowest BCUT2D eigenvalue weighted by Gasteiger charge is -2.06. The lowest BCUT2D eigenvalue weighted by molar-refractivity contribution is 0.0962. The highest BCUT2D eigenvalue weighted by atomic mass is 32.1. The van der Waals surface area contributed by atoms with Gasteiger partial charge in [-0.15, -0.1) is 11.3 Å². The van der Waals surface area contributed by atoms with Gasteiger partial charge in [0, 0.05) is 16.5 Å². The van der Waals surface area contributed by atoms with Gasteiger partial charge in [0.15, 0.2) is 0 Å². The fourth-order valence-corrected chi connectivity index (χ4v) is 4.37. The molecule has 0 aliphatic heterocycles. The van der Waals surface area contributed by atoms with Crippen molar-refractivity contribution in [2.45, 2.75) is 6.42 Å². The first-order valence-electron chi connectivity index (χ1n) is 9.59. The number of carbonyl (C=O) groups excluding carboxylic acids is 1. The SMILES string of the molecule is COc1ccc(C(=O)NNc2nc(-c3ccc4c(c3)Cc3ccccc3-4)cs2)cc1. The quantitative estimate of drug-likeness (QED) is 0.391. The van der Waals surface area contributed by atoms with E-state index in [-0.39, 0.29) is 5.91 Å². The summed E-state index contributed by atoms with van der Waals surface area (Å²) < 4.78 is 5.11. The van der Waals surface area contributed by atoms with Crippen LogP contribution in [0.4, 0.5) is 5.13 Å². The van der Waals surface area contributed by atoms with Gasteiger partial charge in [-0.1, -0.05) is 36.4 Å². The lowest BCUT2D eigenvalue weighted by atomic mass is 10.0. The standard InChI is InChI=1S/C24H19N3O2S/c1-29-19-9-6-15(7-10-19)23(28)26-27-24-25-22(14-30-24)17-8-11-21-18(13-17)12-16-4-2-3-5-20(16)21/h2-11,13-14H,12H2,1H3,(H,25,27)(H,26,28). The van der Waals surface area contributed by atoms with Gasteiger partial charge in [-0.3, -0.25) is 15.6 Å². The van der Waals surface area contributed by atoms with Crippen LogP contribution in [0.2, 0.25) is 0 Å². The summed E-state index contributed by atoms with van der Waals surface area (Å²) in [6.45, 7) is 0. The van der Waals surface area contributed by atoms with E-state index < -0.39 is 0 Å². The Kier molecular flexibility index (Phi) is 4.69. The molecule has 30 heavy (non-hydrogen) atoms. The van der Waals surface area contributed by atoms with Gasteiger partial charge in [0.1, 0.15) is 5.75 Å². The molecule has 1 aliphatic carbocycles. The van der Waals surface area contributed by atoms with E-state index in [1.165, 1.54) is 33.6 Å². The van der Waals surface area contributed by atoms with Gasteiger partial charge in [-0.05, 0) is 59.0 Å². The summed E-state index contributed by atoms with van der Waals surface area (Å²) in [6, 6.07) is 22.0. The molecule has 0 fully saturated rings. The van der Waals surface area contributed by atoms with Gasteiger partial charge >= 0.3 is 0 Å². The average molecular weight is 414 g/mol. The Labute approximate surface area is 178 Å². The van der Waals surface area contributed by atoms with E-state index in [4.69, 9.17) is 4.74 Å². The maximum atomic E-state index is 12.3. The highest BCUT2D eigenvalue weighted by molar-refractivity contribution is 7.14. The maximum absolute atomic E-state index is 12.3. The fourth-order valence-electron chi connectivity index (χ4n) is 3.69. The summed E-state index contributed by atoms with van der Waals surface area (Å²) in [7, 11) is 1.59. The third-order valence-corrected chi connectivity index (χ3v) is 5.99. The number of benzene rings is 3. The van der Waals surface area contributed by atoms with Gasteiger partial charge < -0.3 is 4.74 Å². The second-order valence-electron chi connectivity index (χ2n) is 7.05. The second-order valence-corrected chi connectivity index (χ2v) is 7.91. The van der Waals surface area contributed by atoms with E-state index in [9.17, 15) is 4.79 Å².